The number of nitrogen functional groups attached to an aromatic ring is 1. The van der Waals surface area contributed by atoms with E-state index in [4.69, 9.17) is 5.73 Å². The zero-order valence-electron chi connectivity index (χ0n) is 9.87. The van der Waals surface area contributed by atoms with Crippen molar-refractivity contribution < 1.29 is 0 Å². The molecule has 0 amide bonds. The van der Waals surface area contributed by atoms with Crippen molar-refractivity contribution in [1.29, 1.82) is 0 Å². The van der Waals surface area contributed by atoms with Crippen LogP contribution in [0.1, 0.15) is 31.2 Å². The van der Waals surface area contributed by atoms with E-state index in [1.54, 1.807) is 0 Å². The third kappa shape index (κ3) is 2.01. The maximum atomic E-state index is 6.02. The normalized spacial score (nSPS) is 20.1. The second-order valence-corrected chi connectivity index (χ2v) is 5.44. The molecule has 2 aliphatic carbocycles. The van der Waals surface area contributed by atoms with E-state index in [0.717, 1.165) is 23.2 Å². The highest BCUT2D eigenvalue weighted by Gasteiger charge is 2.41. The number of anilines is 2. The molecule has 1 aromatic carbocycles. The smallest absolute Gasteiger partial charge is 0.0578 e. The largest absolute Gasteiger partial charge is 0.397 e. The van der Waals surface area contributed by atoms with Crippen LogP contribution in [0.25, 0.3) is 0 Å². The van der Waals surface area contributed by atoms with Crippen molar-refractivity contribution in [3.63, 3.8) is 0 Å². The van der Waals surface area contributed by atoms with Gasteiger partial charge in [0.15, 0.2) is 0 Å². The average molecular weight is 216 g/mol. The van der Waals surface area contributed by atoms with E-state index >= 15 is 0 Å². The van der Waals surface area contributed by atoms with Gasteiger partial charge in [-0.2, -0.15) is 0 Å². The highest BCUT2D eigenvalue weighted by atomic mass is 15.0. The van der Waals surface area contributed by atoms with Gasteiger partial charge in [0, 0.05) is 6.04 Å². The van der Waals surface area contributed by atoms with Crippen LogP contribution in [0, 0.1) is 18.8 Å². The molecule has 1 aromatic rings. The van der Waals surface area contributed by atoms with Gasteiger partial charge >= 0.3 is 0 Å². The summed E-state index contributed by atoms with van der Waals surface area (Å²) in [4.78, 5) is 0. The molecule has 86 valence electrons. The van der Waals surface area contributed by atoms with Gasteiger partial charge in [-0.1, -0.05) is 6.07 Å². The van der Waals surface area contributed by atoms with Gasteiger partial charge in [-0.25, -0.2) is 0 Å². The fourth-order valence-electron chi connectivity index (χ4n) is 2.51. The van der Waals surface area contributed by atoms with E-state index in [9.17, 15) is 0 Å². The van der Waals surface area contributed by atoms with Crippen molar-refractivity contribution in [1.82, 2.24) is 0 Å². The van der Waals surface area contributed by atoms with Crippen LogP contribution in [0.15, 0.2) is 18.2 Å². The molecule has 0 atom stereocenters. The van der Waals surface area contributed by atoms with Gasteiger partial charge in [-0.05, 0) is 62.1 Å². The van der Waals surface area contributed by atoms with Crippen molar-refractivity contribution in [3.8, 4) is 0 Å². The third-order valence-electron chi connectivity index (χ3n) is 3.79. The Morgan fingerprint density at radius 3 is 2.38 bits per heavy atom. The molecule has 0 aromatic heterocycles. The Hall–Kier alpha value is -1.18. The highest BCUT2D eigenvalue weighted by molar-refractivity contribution is 5.67. The topological polar surface area (TPSA) is 38.0 Å². The van der Waals surface area contributed by atoms with E-state index in [-0.39, 0.29) is 0 Å². The minimum atomic E-state index is 0.684. The molecule has 0 radical (unpaired) electrons. The molecule has 2 saturated carbocycles. The summed E-state index contributed by atoms with van der Waals surface area (Å²) in [6.07, 6.45) is 5.61. The average Bonchev–Trinajstić information content (AvgIpc) is 3.13. The zero-order chi connectivity index (χ0) is 11.1. The summed E-state index contributed by atoms with van der Waals surface area (Å²) in [7, 11) is 0. The van der Waals surface area contributed by atoms with Gasteiger partial charge in [0.1, 0.15) is 0 Å². The number of benzene rings is 1. The molecule has 0 heterocycles. The summed E-state index contributed by atoms with van der Waals surface area (Å²) in [5.74, 6) is 1.82. The lowest BCUT2D eigenvalue weighted by molar-refractivity contribution is 0.568. The van der Waals surface area contributed by atoms with Crippen LogP contribution in [0.2, 0.25) is 0 Å². The second-order valence-electron chi connectivity index (χ2n) is 5.44. The van der Waals surface area contributed by atoms with Crippen molar-refractivity contribution in [2.75, 3.05) is 11.1 Å². The Morgan fingerprint density at radius 2 is 1.81 bits per heavy atom. The quantitative estimate of drug-likeness (QED) is 0.759. The Bertz CT molecular complexity index is 380. The SMILES string of the molecule is Cc1ccc(N)c(NC(C2CC2)C2CC2)c1. The van der Waals surface area contributed by atoms with Gasteiger partial charge in [-0.3, -0.25) is 0 Å². The highest BCUT2D eigenvalue weighted by Crippen LogP contribution is 2.46. The molecule has 0 aliphatic heterocycles. The van der Waals surface area contributed by atoms with Crippen molar-refractivity contribution in [2.24, 2.45) is 11.8 Å². The van der Waals surface area contributed by atoms with Crippen LogP contribution >= 0.6 is 0 Å². The summed E-state index contributed by atoms with van der Waals surface area (Å²) >= 11 is 0. The third-order valence-corrected chi connectivity index (χ3v) is 3.79. The fourth-order valence-corrected chi connectivity index (χ4v) is 2.51. The van der Waals surface area contributed by atoms with Gasteiger partial charge < -0.3 is 11.1 Å². The molecule has 0 unspecified atom stereocenters. The molecule has 2 fully saturated rings. The lowest BCUT2D eigenvalue weighted by Crippen LogP contribution is -2.24. The van der Waals surface area contributed by atoms with Gasteiger partial charge in [0.2, 0.25) is 0 Å². The summed E-state index contributed by atoms with van der Waals surface area (Å²) in [6.45, 7) is 2.12. The van der Waals surface area contributed by atoms with Crippen LogP contribution in [0.4, 0.5) is 11.4 Å². The molecular weight excluding hydrogens is 196 g/mol. The number of aryl methyl sites for hydroxylation is 1. The Balaban J connectivity index is 1.78. The predicted octanol–water partition coefficient (Wildman–Crippen LogP) is 3.18. The predicted molar refractivity (Wildman–Crippen MR) is 68.5 cm³/mol. The van der Waals surface area contributed by atoms with Crippen LogP contribution in [0.5, 0.6) is 0 Å². The molecule has 2 nitrogen and oxygen atoms in total. The van der Waals surface area contributed by atoms with Crippen LogP contribution < -0.4 is 11.1 Å². The van der Waals surface area contributed by atoms with Crippen molar-refractivity contribution in [2.45, 2.75) is 38.6 Å². The first-order chi connectivity index (χ1) is 7.74. The van der Waals surface area contributed by atoms with E-state index < -0.39 is 0 Å². The zero-order valence-corrected chi connectivity index (χ0v) is 9.87. The first-order valence-corrected chi connectivity index (χ1v) is 6.37. The number of hydrogen-bond donors (Lipinski definition) is 2. The van der Waals surface area contributed by atoms with Crippen molar-refractivity contribution >= 4 is 11.4 Å². The Labute approximate surface area is 97.2 Å². The van der Waals surface area contributed by atoms with Crippen LogP contribution in [-0.4, -0.2) is 6.04 Å². The molecule has 2 heteroatoms. The molecular formula is C14H20N2. The van der Waals surface area contributed by atoms with E-state index in [0.29, 0.717) is 6.04 Å². The molecule has 3 rings (SSSR count). The monoisotopic (exact) mass is 216 g/mol. The molecule has 2 aliphatic rings. The van der Waals surface area contributed by atoms with Crippen LogP contribution in [0.3, 0.4) is 0 Å². The van der Waals surface area contributed by atoms with Gasteiger partial charge in [0.25, 0.3) is 0 Å². The molecule has 0 spiro atoms. The lowest BCUT2D eigenvalue weighted by Gasteiger charge is -2.20. The van der Waals surface area contributed by atoms with Crippen molar-refractivity contribution in [3.05, 3.63) is 23.8 Å². The lowest BCUT2D eigenvalue weighted by atomic mass is 10.1. The number of hydrogen-bond acceptors (Lipinski definition) is 2. The molecule has 0 bridgehead atoms. The Kier molecular flexibility index (Phi) is 2.31. The minimum absolute atomic E-state index is 0.684. The number of rotatable bonds is 4. The summed E-state index contributed by atoms with van der Waals surface area (Å²) in [6, 6.07) is 6.94. The van der Waals surface area contributed by atoms with Gasteiger partial charge in [-0.15, -0.1) is 0 Å². The first kappa shape index (κ1) is 10.0. The summed E-state index contributed by atoms with van der Waals surface area (Å²) in [5, 5.41) is 3.69. The van der Waals surface area contributed by atoms with E-state index in [2.05, 4.69) is 24.4 Å². The molecule has 0 saturated heterocycles. The first-order valence-electron chi connectivity index (χ1n) is 6.37. The van der Waals surface area contributed by atoms with Gasteiger partial charge in [0.05, 0.1) is 11.4 Å². The molecule has 3 N–H and O–H groups in total. The standard InChI is InChI=1S/C14H20N2/c1-9-2-7-12(15)13(8-9)16-14(10-3-4-10)11-5-6-11/h2,7-8,10-11,14,16H,3-6,15H2,1H3. The summed E-state index contributed by atoms with van der Waals surface area (Å²) < 4.78 is 0. The maximum Gasteiger partial charge on any atom is 0.0578 e. The minimum Gasteiger partial charge on any atom is -0.397 e. The van der Waals surface area contributed by atoms with E-state index in [1.807, 2.05) is 6.07 Å². The fraction of sp³-hybridized carbons (Fsp3) is 0.571. The maximum absolute atomic E-state index is 6.02. The van der Waals surface area contributed by atoms with E-state index in [1.165, 1.54) is 31.2 Å². The molecule has 16 heavy (non-hydrogen) atoms. The summed E-state index contributed by atoms with van der Waals surface area (Å²) in [5.41, 5.74) is 9.32. The Morgan fingerprint density at radius 1 is 1.19 bits per heavy atom. The number of nitrogens with one attached hydrogen (secondary N) is 1. The van der Waals surface area contributed by atoms with Crippen LogP contribution in [-0.2, 0) is 0 Å². The number of nitrogens with two attached hydrogens (primary N) is 1. The second kappa shape index (κ2) is 3.69.